The first-order valence-corrected chi connectivity index (χ1v) is 8.97. The van der Waals surface area contributed by atoms with Crippen molar-refractivity contribution in [1.29, 1.82) is 0 Å². The van der Waals surface area contributed by atoms with E-state index in [0.29, 0.717) is 22.0 Å². The van der Waals surface area contributed by atoms with Crippen molar-refractivity contribution in [2.75, 3.05) is 5.32 Å². The standard InChI is InChI=1S/C19H26ClN3O2/c1-12-11-14(20)7-10-16(12)21-17(24)18(25)23-22-15-8-5-13(6-9-15)19(2,3)4/h7,10-11,13H,5-6,8-9H2,1-4H3,(H,21,24)(H,23,25). The molecular weight excluding hydrogens is 338 g/mol. The molecule has 0 spiro atoms. The molecule has 0 radical (unpaired) electrons. The molecule has 2 N–H and O–H groups in total. The molecule has 1 aliphatic carbocycles. The summed E-state index contributed by atoms with van der Waals surface area (Å²) in [6.45, 7) is 8.58. The zero-order valence-corrected chi connectivity index (χ0v) is 16.0. The molecule has 2 rings (SSSR count). The van der Waals surface area contributed by atoms with Crippen LogP contribution < -0.4 is 10.7 Å². The first-order chi connectivity index (χ1) is 11.7. The summed E-state index contributed by atoms with van der Waals surface area (Å²) in [7, 11) is 0. The van der Waals surface area contributed by atoms with Crippen molar-refractivity contribution >= 4 is 34.8 Å². The summed E-state index contributed by atoms with van der Waals surface area (Å²) < 4.78 is 0. The van der Waals surface area contributed by atoms with Crippen molar-refractivity contribution in [3.05, 3.63) is 28.8 Å². The molecule has 0 heterocycles. The summed E-state index contributed by atoms with van der Waals surface area (Å²) in [5.74, 6) is -0.837. The van der Waals surface area contributed by atoms with Crippen LogP contribution in [0.1, 0.15) is 52.0 Å². The maximum absolute atomic E-state index is 12.0. The molecule has 0 aromatic heterocycles. The van der Waals surface area contributed by atoms with Crippen LogP contribution in [-0.4, -0.2) is 17.5 Å². The number of carbonyl (C=O) groups excluding carboxylic acids is 2. The van der Waals surface area contributed by atoms with Crippen molar-refractivity contribution in [3.8, 4) is 0 Å². The molecule has 25 heavy (non-hydrogen) atoms. The van der Waals surface area contributed by atoms with Gasteiger partial charge in [0.1, 0.15) is 0 Å². The number of hydrogen-bond donors (Lipinski definition) is 2. The number of halogens is 1. The third-order valence-electron chi connectivity index (χ3n) is 4.75. The molecule has 0 atom stereocenters. The minimum absolute atomic E-state index is 0.297. The highest BCUT2D eigenvalue weighted by Gasteiger charge is 2.28. The minimum atomic E-state index is -0.764. The predicted molar refractivity (Wildman–Crippen MR) is 102 cm³/mol. The summed E-state index contributed by atoms with van der Waals surface area (Å²) in [5.41, 5.74) is 4.96. The molecule has 2 amide bonds. The highest BCUT2D eigenvalue weighted by Crippen LogP contribution is 2.36. The Morgan fingerprint density at radius 3 is 2.36 bits per heavy atom. The minimum Gasteiger partial charge on any atom is -0.317 e. The quantitative estimate of drug-likeness (QED) is 0.607. The Bertz CT molecular complexity index is 682. The zero-order chi connectivity index (χ0) is 18.6. The van der Waals surface area contributed by atoms with Crippen molar-refractivity contribution in [2.24, 2.45) is 16.4 Å². The van der Waals surface area contributed by atoms with Gasteiger partial charge in [0.25, 0.3) is 0 Å². The second kappa shape index (κ2) is 8.00. The fourth-order valence-corrected chi connectivity index (χ4v) is 3.28. The van der Waals surface area contributed by atoms with Crippen molar-refractivity contribution in [2.45, 2.75) is 53.4 Å². The molecule has 1 saturated carbocycles. The van der Waals surface area contributed by atoms with Gasteiger partial charge in [-0.3, -0.25) is 9.59 Å². The lowest BCUT2D eigenvalue weighted by Crippen LogP contribution is -2.34. The van der Waals surface area contributed by atoms with Crippen LogP contribution in [-0.2, 0) is 9.59 Å². The summed E-state index contributed by atoms with van der Waals surface area (Å²) in [6, 6.07) is 5.06. The van der Waals surface area contributed by atoms with Crippen LogP contribution in [0.3, 0.4) is 0 Å². The van der Waals surface area contributed by atoms with E-state index in [1.54, 1.807) is 18.2 Å². The summed E-state index contributed by atoms with van der Waals surface area (Å²) in [4.78, 5) is 23.9. The number of anilines is 1. The molecule has 136 valence electrons. The van der Waals surface area contributed by atoms with E-state index in [9.17, 15) is 9.59 Å². The topological polar surface area (TPSA) is 70.6 Å². The van der Waals surface area contributed by atoms with Crippen LogP contribution in [0.2, 0.25) is 5.02 Å². The SMILES string of the molecule is Cc1cc(Cl)ccc1NC(=O)C(=O)NN=C1CCC(C(C)(C)C)CC1. The Hall–Kier alpha value is -1.88. The molecule has 0 saturated heterocycles. The smallest absolute Gasteiger partial charge is 0.317 e. The van der Waals surface area contributed by atoms with Crippen molar-refractivity contribution < 1.29 is 9.59 Å². The third-order valence-corrected chi connectivity index (χ3v) is 4.98. The first kappa shape index (κ1) is 19.4. The van der Waals surface area contributed by atoms with Gasteiger partial charge in [0.05, 0.1) is 0 Å². The van der Waals surface area contributed by atoms with E-state index in [1.807, 2.05) is 6.92 Å². The fraction of sp³-hybridized carbons (Fsp3) is 0.526. The van der Waals surface area contributed by atoms with Gasteiger partial charge in [0.2, 0.25) is 0 Å². The Balaban J connectivity index is 1.86. The number of rotatable bonds is 2. The summed E-state index contributed by atoms with van der Waals surface area (Å²) in [6.07, 6.45) is 3.85. The molecule has 1 aliphatic rings. The van der Waals surface area contributed by atoms with Gasteiger partial charge >= 0.3 is 11.8 Å². The molecule has 5 nitrogen and oxygen atoms in total. The average Bonchev–Trinajstić information content (AvgIpc) is 2.54. The maximum Gasteiger partial charge on any atom is 0.329 e. The largest absolute Gasteiger partial charge is 0.329 e. The normalized spacial score (nSPS) is 17.8. The van der Waals surface area contributed by atoms with Crippen LogP contribution in [0.4, 0.5) is 5.69 Å². The number of hydrogen-bond acceptors (Lipinski definition) is 3. The summed E-state index contributed by atoms with van der Waals surface area (Å²) >= 11 is 5.88. The first-order valence-electron chi connectivity index (χ1n) is 8.59. The zero-order valence-electron chi connectivity index (χ0n) is 15.3. The van der Waals surface area contributed by atoms with E-state index < -0.39 is 11.8 Å². The summed E-state index contributed by atoms with van der Waals surface area (Å²) in [5, 5.41) is 7.29. The van der Waals surface area contributed by atoms with Gasteiger partial charge in [-0.15, -0.1) is 0 Å². The molecule has 0 aliphatic heterocycles. The monoisotopic (exact) mass is 363 g/mol. The van der Waals surface area contributed by atoms with E-state index in [1.165, 1.54) is 0 Å². The molecular formula is C19H26ClN3O2. The molecule has 0 unspecified atom stereocenters. The lowest BCUT2D eigenvalue weighted by molar-refractivity contribution is -0.136. The second-order valence-corrected chi connectivity index (χ2v) is 8.11. The number of carbonyl (C=O) groups is 2. The van der Waals surface area contributed by atoms with Crippen LogP contribution in [0, 0.1) is 18.3 Å². The lowest BCUT2D eigenvalue weighted by Gasteiger charge is -2.34. The van der Waals surface area contributed by atoms with Crippen LogP contribution in [0.25, 0.3) is 0 Å². The maximum atomic E-state index is 12.0. The predicted octanol–water partition coefficient (Wildman–Crippen LogP) is 4.30. The third kappa shape index (κ3) is 5.56. The molecule has 1 aromatic rings. The molecule has 0 bridgehead atoms. The van der Waals surface area contributed by atoms with Crippen LogP contribution >= 0.6 is 11.6 Å². The number of nitrogens with zero attached hydrogens (tertiary/aromatic N) is 1. The van der Waals surface area contributed by atoms with Crippen molar-refractivity contribution in [1.82, 2.24) is 5.43 Å². The van der Waals surface area contributed by atoms with Crippen LogP contribution in [0.15, 0.2) is 23.3 Å². The highest BCUT2D eigenvalue weighted by molar-refractivity contribution is 6.39. The lowest BCUT2D eigenvalue weighted by atomic mass is 9.72. The number of nitrogens with one attached hydrogen (secondary N) is 2. The van der Waals surface area contributed by atoms with E-state index >= 15 is 0 Å². The van der Waals surface area contributed by atoms with Gasteiger partial charge < -0.3 is 5.32 Å². The Labute approximate surface area is 154 Å². The Morgan fingerprint density at radius 2 is 1.80 bits per heavy atom. The van der Waals surface area contributed by atoms with E-state index in [4.69, 9.17) is 11.6 Å². The van der Waals surface area contributed by atoms with Crippen LogP contribution in [0.5, 0.6) is 0 Å². The number of hydrazone groups is 1. The highest BCUT2D eigenvalue weighted by atomic mass is 35.5. The Morgan fingerprint density at radius 1 is 1.16 bits per heavy atom. The molecule has 1 aromatic carbocycles. The van der Waals surface area contributed by atoms with Crippen molar-refractivity contribution in [3.63, 3.8) is 0 Å². The van der Waals surface area contributed by atoms with Gasteiger partial charge in [-0.25, -0.2) is 5.43 Å². The number of aryl methyl sites for hydroxylation is 1. The number of benzene rings is 1. The van der Waals surface area contributed by atoms with Gasteiger partial charge in [-0.2, -0.15) is 5.10 Å². The van der Waals surface area contributed by atoms with Gasteiger partial charge in [-0.05, 0) is 67.7 Å². The number of amides is 2. The molecule has 6 heteroatoms. The van der Waals surface area contributed by atoms with E-state index in [-0.39, 0.29) is 0 Å². The molecule has 1 fully saturated rings. The van der Waals surface area contributed by atoms with E-state index in [0.717, 1.165) is 37.0 Å². The van der Waals surface area contributed by atoms with Gasteiger partial charge in [-0.1, -0.05) is 32.4 Å². The Kier molecular flexibility index (Phi) is 6.22. The van der Waals surface area contributed by atoms with Gasteiger partial charge in [0, 0.05) is 16.4 Å². The van der Waals surface area contributed by atoms with Gasteiger partial charge in [0.15, 0.2) is 0 Å². The van der Waals surface area contributed by atoms with E-state index in [2.05, 4.69) is 36.6 Å². The fourth-order valence-electron chi connectivity index (χ4n) is 3.06. The second-order valence-electron chi connectivity index (χ2n) is 7.67. The average molecular weight is 364 g/mol.